The standard InChI is InChI=1S/C23H28N4O5S/c28-22(17-9-12-27(13-10-17)33(30,31)19-6-3-11-24-16-19)26-21-8-2-1-7-20(21)23(29)25-15-18-5-4-14-32-18/h1-3,6-8,11,16-18H,4-5,9-10,12-15H2,(H,25,29)(H,26,28). The van der Waals surface area contributed by atoms with Gasteiger partial charge in [-0.25, -0.2) is 8.42 Å². The first kappa shape index (κ1) is 23.3. The third kappa shape index (κ3) is 5.58. The van der Waals surface area contributed by atoms with Crippen LogP contribution in [0.5, 0.6) is 0 Å². The average molecular weight is 473 g/mol. The zero-order valence-corrected chi connectivity index (χ0v) is 19.1. The van der Waals surface area contributed by atoms with E-state index in [1.807, 2.05) is 0 Å². The highest BCUT2D eigenvalue weighted by Crippen LogP contribution is 2.25. The second kappa shape index (κ2) is 10.4. The maximum atomic E-state index is 12.9. The minimum Gasteiger partial charge on any atom is -0.376 e. The van der Waals surface area contributed by atoms with Gasteiger partial charge in [-0.2, -0.15) is 4.31 Å². The lowest BCUT2D eigenvalue weighted by molar-refractivity contribution is -0.120. The molecule has 0 radical (unpaired) electrons. The predicted molar refractivity (Wildman–Crippen MR) is 122 cm³/mol. The van der Waals surface area contributed by atoms with Gasteiger partial charge in [-0.3, -0.25) is 14.6 Å². The molecule has 4 rings (SSSR count). The summed E-state index contributed by atoms with van der Waals surface area (Å²) < 4.78 is 32.5. The monoisotopic (exact) mass is 472 g/mol. The number of carbonyl (C=O) groups excluding carboxylic acids is 2. The number of nitrogens with one attached hydrogen (secondary N) is 2. The molecule has 1 aromatic carbocycles. The molecule has 0 bridgehead atoms. The number of carbonyl (C=O) groups is 2. The average Bonchev–Trinajstić information content (AvgIpc) is 3.37. The molecule has 2 aromatic rings. The Morgan fingerprint density at radius 1 is 1.09 bits per heavy atom. The summed E-state index contributed by atoms with van der Waals surface area (Å²) in [6.45, 7) is 1.65. The Bertz CT molecular complexity index is 1080. The van der Waals surface area contributed by atoms with Crippen LogP contribution in [0.3, 0.4) is 0 Å². The number of piperidine rings is 1. The van der Waals surface area contributed by atoms with Gasteiger partial charge in [0.15, 0.2) is 0 Å². The van der Waals surface area contributed by atoms with Crippen LogP contribution in [0.15, 0.2) is 53.7 Å². The molecule has 10 heteroatoms. The molecular formula is C23H28N4O5S. The summed E-state index contributed by atoms with van der Waals surface area (Å²) in [7, 11) is -3.63. The number of rotatable bonds is 7. The number of nitrogens with zero attached hydrogens (tertiary/aromatic N) is 2. The summed E-state index contributed by atoms with van der Waals surface area (Å²) >= 11 is 0. The zero-order chi connectivity index (χ0) is 23.3. The molecule has 2 aliphatic heterocycles. The van der Waals surface area contributed by atoms with E-state index in [0.717, 1.165) is 19.4 Å². The topological polar surface area (TPSA) is 118 Å². The first-order chi connectivity index (χ1) is 15.9. The van der Waals surface area contributed by atoms with E-state index in [9.17, 15) is 18.0 Å². The van der Waals surface area contributed by atoms with Gasteiger partial charge in [-0.1, -0.05) is 12.1 Å². The van der Waals surface area contributed by atoms with E-state index in [0.29, 0.717) is 30.6 Å². The van der Waals surface area contributed by atoms with E-state index in [1.54, 1.807) is 30.3 Å². The number of amides is 2. The molecule has 0 aliphatic carbocycles. The summed E-state index contributed by atoms with van der Waals surface area (Å²) in [5.74, 6) is -0.820. The van der Waals surface area contributed by atoms with Crippen molar-refractivity contribution in [2.75, 3.05) is 31.6 Å². The van der Waals surface area contributed by atoms with Crippen molar-refractivity contribution >= 4 is 27.5 Å². The van der Waals surface area contributed by atoms with Crippen molar-refractivity contribution in [1.29, 1.82) is 0 Å². The molecule has 176 valence electrons. The minimum absolute atomic E-state index is 0.0313. The van der Waals surface area contributed by atoms with E-state index in [1.165, 1.54) is 22.8 Å². The Labute approximate surface area is 193 Å². The van der Waals surface area contributed by atoms with Gasteiger partial charge < -0.3 is 15.4 Å². The smallest absolute Gasteiger partial charge is 0.253 e. The summed E-state index contributed by atoms with van der Waals surface area (Å²) in [5, 5.41) is 5.74. The molecule has 2 saturated heterocycles. The fourth-order valence-corrected chi connectivity index (χ4v) is 5.57. The molecule has 3 heterocycles. The molecule has 0 spiro atoms. The van der Waals surface area contributed by atoms with Gasteiger partial charge in [-0.05, 0) is 49.9 Å². The van der Waals surface area contributed by atoms with Crippen LogP contribution < -0.4 is 10.6 Å². The van der Waals surface area contributed by atoms with Gasteiger partial charge in [0.2, 0.25) is 15.9 Å². The Kier molecular flexibility index (Phi) is 7.36. The lowest BCUT2D eigenvalue weighted by atomic mass is 9.97. The number of benzene rings is 1. The number of sulfonamides is 1. The first-order valence-electron chi connectivity index (χ1n) is 11.1. The van der Waals surface area contributed by atoms with Crippen LogP contribution >= 0.6 is 0 Å². The Hall–Kier alpha value is -2.82. The quantitative estimate of drug-likeness (QED) is 0.637. The molecule has 2 N–H and O–H groups in total. The maximum Gasteiger partial charge on any atom is 0.253 e. The van der Waals surface area contributed by atoms with Crippen LogP contribution in [0.1, 0.15) is 36.0 Å². The number of anilines is 1. The molecule has 9 nitrogen and oxygen atoms in total. The second-order valence-corrected chi connectivity index (χ2v) is 10.2. The van der Waals surface area contributed by atoms with Crippen molar-refractivity contribution in [2.24, 2.45) is 5.92 Å². The largest absolute Gasteiger partial charge is 0.376 e. The van der Waals surface area contributed by atoms with Gasteiger partial charge in [0.1, 0.15) is 4.90 Å². The molecule has 2 fully saturated rings. The van der Waals surface area contributed by atoms with Crippen molar-refractivity contribution in [1.82, 2.24) is 14.6 Å². The van der Waals surface area contributed by atoms with Crippen LogP contribution in [0.2, 0.25) is 0 Å². The van der Waals surface area contributed by atoms with E-state index in [2.05, 4.69) is 15.6 Å². The van der Waals surface area contributed by atoms with Crippen LogP contribution in [-0.4, -0.2) is 61.9 Å². The summed E-state index contributed by atoms with van der Waals surface area (Å²) in [6.07, 6.45) is 5.61. The maximum absolute atomic E-state index is 12.9. The molecule has 2 aliphatic rings. The summed E-state index contributed by atoms with van der Waals surface area (Å²) in [4.78, 5) is 29.6. The number of para-hydroxylation sites is 1. The number of hydrogen-bond acceptors (Lipinski definition) is 6. The van der Waals surface area contributed by atoms with Crippen LogP contribution in [0.25, 0.3) is 0 Å². The van der Waals surface area contributed by atoms with Crippen molar-refractivity contribution < 1.29 is 22.7 Å². The Balaban J connectivity index is 1.34. The van der Waals surface area contributed by atoms with Gasteiger partial charge in [0, 0.05) is 44.6 Å². The van der Waals surface area contributed by atoms with Crippen LogP contribution in [0.4, 0.5) is 5.69 Å². The highest BCUT2D eigenvalue weighted by Gasteiger charge is 2.32. The van der Waals surface area contributed by atoms with Gasteiger partial charge in [0.05, 0.1) is 17.4 Å². The van der Waals surface area contributed by atoms with Crippen molar-refractivity contribution in [3.05, 3.63) is 54.4 Å². The Morgan fingerprint density at radius 2 is 1.88 bits per heavy atom. The van der Waals surface area contributed by atoms with Crippen LogP contribution in [0, 0.1) is 5.92 Å². The molecule has 1 atom stereocenters. The van der Waals surface area contributed by atoms with E-state index < -0.39 is 10.0 Å². The van der Waals surface area contributed by atoms with Crippen LogP contribution in [-0.2, 0) is 19.6 Å². The number of aromatic nitrogens is 1. The number of ether oxygens (including phenoxy) is 1. The highest BCUT2D eigenvalue weighted by atomic mass is 32.2. The third-order valence-corrected chi connectivity index (χ3v) is 7.92. The number of pyridine rings is 1. The van der Waals surface area contributed by atoms with Gasteiger partial charge in [-0.15, -0.1) is 0 Å². The highest BCUT2D eigenvalue weighted by molar-refractivity contribution is 7.89. The number of hydrogen-bond donors (Lipinski definition) is 2. The lowest BCUT2D eigenvalue weighted by Gasteiger charge is -2.30. The molecule has 2 amide bonds. The minimum atomic E-state index is -3.63. The van der Waals surface area contributed by atoms with E-state index in [-0.39, 0.29) is 41.8 Å². The molecular weight excluding hydrogens is 444 g/mol. The molecule has 0 saturated carbocycles. The van der Waals surface area contributed by atoms with Crippen molar-refractivity contribution in [3.8, 4) is 0 Å². The summed E-state index contributed by atoms with van der Waals surface area (Å²) in [6, 6.07) is 9.97. The first-order valence-corrected chi connectivity index (χ1v) is 12.6. The van der Waals surface area contributed by atoms with Gasteiger partial charge >= 0.3 is 0 Å². The second-order valence-electron chi connectivity index (χ2n) is 8.25. The van der Waals surface area contributed by atoms with Crippen molar-refractivity contribution in [2.45, 2.75) is 36.7 Å². The molecule has 1 unspecified atom stereocenters. The SMILES string of the molecule is O=C(NCC1CCCO1)c1ccccc1NC(=O)C1CCN(S(=O)(=O)c2cccnc2)CC1. The molecule has 1 aromatic heterocycles. The van der Waals surface area contributed by atoms with E-state index in [4.69, 9.17) is 4.74 Å². The Morgan fingerprint density at radius 3 is 2.58 bits per heavy atom. The molecule has 33 heavy (non-hydrogen) atoms. The third-order valence-electron chi connectivity index (χ3n) is 6.04. The lowest BCUT2D eigenvalue weighted by Crippen LogP contribution is -2.41. The normalized spacial score (nSPS) is 19.8. The fourth-order valence-electron chi connectivity index (χ4n) is 4.14. The van der Waals surface area contributed by atoms with E-state index >= 15 is 0 Å². The zero-order valence-electron chi connectivity index (χ0n) is 18.3. The fraction of sp³-hybridized carbons (Fsp3) is 0.435. The van der Waals surface area contributed by atoms with Gasteiger partial charge in [0.25, 0.3) is 5.91 Å². The van der Waals surface area contributed by atoms with Crippen molar-refractivity contribution in [3.63, 3.8) is 0 Å². The summed E-state index contributed by atoms with van der Waals surface area (Å²) in [5.41, 5.74) is 0.832. The predicted octanol–water partition coefficient (Wildman–Crippen LogP) is 2.03.